The Bertz CT molecular complexity index is 414. The normalized spacial score (nSPS) is 13.5. The van der Waals surface area contributed by atoms with Crippen LogP contribution in [0.2, 0.25) is 0 Å². The summed E-state index contributed by atoms with van der Waals surface area (Å²) in [5.41, 5.74) is 0. The molecule has 0 heterocycles. The molecule has 104 valence electrons. The summed E-state index contributed by atoms with van der Waals surface area (Å²) in [4.78, 5) is 0. The van der Waals surface area contributed by atoms with E-state index in [4.69, 9.17) is 0 Å². The number of hydrogen-bond acceptors (Lipinski definition) is 5. The molecule has 0 aliphatic carbocycles. The van der Waals surface area contributed by atoms with E-state index in [9.17, 15) is 16.8 Å². The van der Waals surface area contributed by atoms with Crippen molar-refractivity contribution in [2.45, 2.75) is 19.9 Å². The molecule has 17 heavy (non-hydrogen) atoms. The minimum Gasteiger partial charge on any atom is -0.313 e. The lowest BCUT2D eigenvalue weighted by atomic mass is 10.4. The Balaban J connectivity index is 4.22. The molecule has 0 unspecified atom stereocenters. The Hall–Kier alpha value is -0.180. The first-order valence-electron chi connectivity index (χ1n) is 5.40. The highest BCUT2D eigenvalue weighted by molar-refractivity contribution is 7.91. The third kappa shape index (κ3) is 8.53. The van der Waals surface area contributed by atoms with Gasteiger partial charge in [0.05, 0.1) is 11.5 Å². The number of nitrogens with one attached hydrogen (secondary N) is 1. The Morgan fingerprint density at radius 3 is 2.06 bits per heavy atom. The first-order chi connectivity index (χ1) is 7.54. The smallest absolute Gasteiger partial charge is 0.215 e. The van der Waals surface area contributed by atoms with Crippen LogP contribution >= 0.6 is 0 Å². The molecule has 1 N–H and O–H groups in total. The highest BCUT2D eigenvalue weighted by Crippen LogP contribution is 1.98. The van der Waals surface area contributed by atoms with Crippen LogP contribution in [0.25, 0.3) is 0 Å². The molecule has 8 heteroatoms. The molecule has 0 aromatic heterocycles. The average Bonchev–Trinajstić information content (AvgIpc) is 2.11. The predicted molar refractivity (Wildman–Crippen MR) is 69.3 cm³/mol. The minimum atomic E-state index is -3.37. The van der Waals surface area contributed by atoms with Gasteiger partial charge < -0.3 is 5.32 Å². The number of rotatable bonds is 8. The second-order valence-corrected chi connectivity index (χ2v) is 8.83. The summed E-state index contributed by atoms with van der Waals surface area (Å²) in [5, 5.41) is 3.00. The van der Waals surface area contributed by atoms with E-state index in [1.54, 1.807) is 0 Å². The molecule has 0 aliphatic rings. The maximum Gasteiger partial charge on any atom is 0.215 e. The molecule has 0 radical (unpaired) electrons. The van der Waals surface area contributed by atoms with Crippen molar-refractivity contribution < 1.29 is 16.8 Å². The van der Waals surface area contributed by atoms with Gasteiger partial charge in [0.2, 0.25) is 10.0 Å². The minimum absolute atomic E-state index is 0.00282. The van der Waals surface area contributed by atoms with Crippen molar-refractivity contribution in [2.75, 3.05) is 37.9 Å². The second kappa shape index (κ2) is 6.67. The van der Waals surface area contributed by atoms with E-state index in [2.05, 4.69) is 5.32 Å². The van der Waals surface area contributed by atoms with E-state index in [-0.39, 0.29) is 24.1 Å². The topological polar surface area (TPSA) is 83.6 Å². The van der Waals surface area contributed by atoms with E-state index < -0.39 is 19.9 Å². The van der Waals surface area contributed by atoms with Crippen LogP contribution in [0.15, 0.2) is 0 Å². The van der Waals surface area contributed by atoms with Crippen LogP contribution in [0.4, 0.5) is 0 Å². The molecule has 0 saturated carbocycles. The molecule has 0 bridgehead atoms. The van der Waals surface area contributed by atoms with Crippen LogP contribution in [0.1, 0.15) is 13.8 Å². The Morgan fingerprint density at radius 2 is 1.65 bits per heavy atom. The zero-order chi connectivity index (χ0) is 13.7. The van der Waals surface area contributed by atoms with Crippen molar-refractivity contribution in [2.24, 2.45) is 0 Å². The van der Waals surface area contributed by atoms with E-state index >= 15 is 0 Å². The second-order valence-electron chi connectivity index (χ2n) is 4.38. The third-order valence-electron chi connectivity index (χ3n) is 2.16. The SMILES string of the molecule is CC(C)NCCS(=O)(=O)N(C)CCS(C)(=O)=O. The van der Waals surface area contributed by atoms with Gasteiger partial charge in [0.1, 0.15) is 9.84 Å². The molecule has 0 aromatic rings. The molecule has 0 spiro atoms. The molecule has 0 amide bonds. The Morgan fingerprint density at radius 1 is 1.12 bits per heavy atom. The molecule has 0 aliphatic heterocycles. The lowest BCUT2D eigenvalue weighted by molar-refractivity contribution is 0.481. The van der Waals surface area contributed by atoms with Gasteiger partial charge in [-0.25, -0.2) is 21.1 Å². The first kappa shape index (κ1) is 16.8. The van der Waals surface area contributed by atoms with Gasteiger partial charge in [-0.1, -0.05) is 13.8 Å². The van der Waals surface area contributed by atoms with E-state index in [0.29, 0.717) is 6.54 Å². The van der Waals surface area contributed by atoms with Gasteiger partial charge >= 0.3 is 0 Å². The fraction of sp³-hybridized carbons (Fsp3) is 1.00. The van der Waals surface area contributed by atoms with Crippen LogP contribution in [-0.2, 0) is 19.9 Å². The maximum absolute atomic E-state index is 11.7. The number of sulfone groups is 1. The summed E-state index contributed by atoms with van der Waals surface area (Å²) < 4.78 is 46.4. The quantitative estimate of drug-likeness (QED) is 0.637. The third-order valence-corrected chi connectivity index (χ3v) is 4.94. The molecule has 0 saturated heterocycles. The Labute approximate surface area is 104 Å². The highest BCUT2D eigenvalue weighted by Gasteiger charge is 2.18. The summed E-state index contributed by atoms with van der Waals surface area (Å²) in [7, 11) is -5.11. The molecule has 0 fully saturated rings. The summed E-state index contributed by atoms with van der Waals surface area (Å²) in [6, 6.07) is 0.228. The van der Waals surface area contributed by atoms with Crippen LogP contribution in [-0.4, -0.2) is 65.1 Å². The number of hydrogen-bond donors (Lipinski definition) is 1. The fourth-order valence-electron chi connectivity index (χ4n) is 1.07. The summed E-state index contributed by atoms with van der Waals surface area (Å²) >= 11 is 0. The van der Waals surface area contributed by atoms with Crippen LogP contribution in [0.5, 0.6) is 0 Å². The summed E-state index contributed by atoms with van der Waals surface area (Å²) in [5.74, 6) is -0.175. The number of nitrogens with zero attached hydrogens (tertiary/aromatic N) is 1. The van der Waals surface area contributed by atoms with Crippen molar-refractivity contribution in [1.82, 2.24) is 9.62 Å². The van der Waals surface area contributed by atoms with Crippen molar-refractivity contribution in [3.05, 3.63) is 0 Å². The molecule has 6 nitrogen and oxygen atoms in total. The van der Waals surface area contributed by atoms with Gasteiger partial charge in [0.15, 0.2) is 0 Å². The summed E-state index contributed by atoms with van der Waals surface area (Å²) in [6.45, 7) is 4.23. The Kier molecular flexibility index (Phi) is 6.60. The van der Waals surface area contributed by atoms with E-state index in [0.717, 1.165) is 10.6 Å². The van der Waals surface area contributed by atoms with Crippen molar-refractivity contribution >= 4 is 19.9 Å². The zero-order valence-corrected chi connectivity index (χ0v) is 12.4. The van der Waals surface area contributed by atoms with Crippen LogP contribution in [0, 0.1) is 0 Å². The monoisotopic (exact) mass is 286 g/mol. The lowest BCUT2D eigenvalue weighted by Gasteiger charge is -2.17. The zero-order valence-electron chi connectivity index (χ0n) is 10.8. The summed E-state index contributed by atoms with van der Waals surface area (Å²) in [6.07, 6.45) is 1.09. The van der Waals surface area contributed by atoms with Crippen LogP contribution < -0.4 is 5.32 Å². The maximum atomic E-state index is 11.7. The van der Waals surface area contributed by atoms with Gasteiger partial charge in [-0.2, -0.15) is 0 Å². The van der Waals surface area contributed by atoms with Gasteiger partial charge in [0, 0.05) is 32.4 Å². The predicted octanol–water partition coefficient (Wildman–Crippen LogP) is -0.709. The van der Waals surface area contributed by atoms with Crippen molar-refractivity contribution in [1.29, 1.82) is 0 Å². The first-order valence-corrected chi connectivity index (χ1v) is 9.06. The van der Waals surface area contributed by atoms with Crippen molar-refractivity contribution in [3.63, 3.8) is 0 Å². The highest BCUT2D eigenvalue weighted by atomic mass is 32.2. The van der Waals surface area contributed by atoms with Gasteiger partial charge in [-0.3, -0.25) is 0 Å². The standard InChI is InChI=1S/C9H22N2O4S2/c1-9(2)10-5-7-17(14,15)11(3)6-8-16(4,12)13/h9-10H,5-8H2,1-4H3. The molecule has 0 atom stereocenters. The lowest BCUT2D eigenvalue weighted by Crippen LogP contribution is -2.37. The molecular weight excluding hydrogens is 264 g/mol. The van der Waals surface area contributed by atoms with Gasteiger partial charge in [0.25, 0.3) is 0 Å². The van der Waals surface area contributed by atoms with Gasteiger partial charge in [-0.05, 0) is 0 Å². The number of sulfonamides is 1. The van der Waals surface area contributed by atoms with Crippen LogP contribution in [0.3, 0.4) is 0 Å². The van der Waals surface area contributed by atoms with Gasteiger partial charge in [-0.15, -0.1) is 0 Å². The molecule has 0 aromatic carbocycles. The fourth-order valence-corrected chi connectivity index (χ4v) is 2.84. The largest absolute Gasteiger partial charge is 0.313 e. The molecular formula is C9H22N2O4S2. The molecule has 0 rings (SSSR count). The van der Waals surface area contributed by atoms with E-state index in [1.807, 2.05) is 13.8 Å². The average molecular weight is 286 g/mol. The van der Waals surface area contributed by atoms with Crippen molar-refractivity contribution in [3.8, 4) is 0 Å². The van der Waals surface area contributed by atoms with E-state index in [1.165, 1.54) is 7.05 Å².